The van der Waals surface area contributed by atoms with Gasteiger partial charge in [-0.05, 0) is 59.0 Å². The van der Waals surface area contributed by atoms with Crippen molar-refractivity contribution in [3.05, 3.63) is 87.6 Å². The summed E-state index contributed by atoms with van der Waals surface area (Å²) in [5, 5.41) is 2.09. The molecule has 202 valence electrons. The van der Waals surface area contributed by atoms with Crippen LogP contribution in [0.15, 0.2) is 66.0 Å². The number of hydrogen-bond acceptors (Lipinski definition) is 5. The first kappa shape index (κ1) is 27.9. The minimum Gasteiger partial charge on any atom is -0.491 e. The van der Waals surface area contributed by atoms with E-state index in [1.165, 1.54) is 10.4 Å². The van der Waals surface area contributed by atoms with Crippen LogP contribution in [0.25, 0.3) is 0 Å². The summed E-state index contributed by atoms with van der Waals surface area (Å²) in [6.45, 7) is 6.40. The molecular weight excluding hydrogens is 496 g/mol. The van der Waals surface area contributed by atoms with Crippen molar-refractivity contribution in [2.24, 2.45) is 0 Å². The number of amides is 2. The van der Waals surface area contributed by atoms with Gasteiger partial charge in [-0.3, -0.25) is 9.59 Å². The summed E-state index contributed by atoms with van der Waals surface area (Å²) in [6.07, 6.45) is 1.77. The Labute approximate surface area is 230 Å². The first-order valence-electron chi connectivity index (χ1n) is 13.4. The molecule has 2 amide bonds. The smallest absolute Gasteiger partial charge is 0.242 e. The quantitative estimate of drug-likeness (QED) is 0.289. The lowest BCUT2D eigenvalue weighted by molar-refractivity contribution is -0.142. The predicted molar refractivity (Wildman–Crippen MR) is 152 cm³/mol. The molecule has 0 unspecified atom stereocenters. The van der Waals surface area contributed by atoms with E-state index in [0.717, 1.165) is 23.3 Å². The van der Waals surface area contributed by atoms with Crippen LogP contribution in [0.4, 0.5) is 0 Å². The molecule has 1 atom stereocenters. The predicted octanol–water partition coefficient (Wildman–Crippen LogP) is 5.48. The van der Waals surface area contributed by atoms with E-state index in [1.54, 1.807) is 23.3 Å². The van der Waals surface area contributed by atoms with Crippen LogP contribution in [0.5, 0.6) is 5.75 Å². The Morgan fingerprint density at radius 2 is 1.84 bits per heavy atom. The van der Waals surface area contributed by atoms with Gasteiger partial charge in [-0.15, -0.1) is 11.3 Å². The van der Waals surface area contributed by atoms with Crippen LogP contribution in [0.2, 0.25) is 0 Å². The number of carbonyl (C=O) groups excluding carboxylic acids is 2. The zero-order valence-corrected chi connectivity index (χ0v) is 23.4. The van der Waals surface area contributed by atoms with Crippen LogP contribution in [-0.4, -0.2) is 61.6 Å². The van der Waals surface area contributed by atoms with Gasteiger partial charge in [-0.25, -0.2) is 0 Å². The van der Waals surface area contributed by atoms with Gasteiger partial charge in [0.2, 0.25) is 11.8 Å². The van der Waals surface area contributed by atoms with Crippen LogP contribution >= 0.6 is 11.3 Å². The van der Waals surface area contributed by atoms with Gasteiger partial charge in [0.05, 0.1) is 19.0 Å². The third-order valence-electron chi connectivity index (χ3n) is 7.02. The van der Waals surface area contributed by atoms with Gasteiger partial charge in [-0.2, -0.15) is 0 Å². The summed E-state index contributed by atoms with van der Waals surface area (Å²) < 4.78 is 11.4. The van der Waals surface area contributed by atoms with Gasteiger partial charge in [-0.1, -0.05) is 56.3 Å². The van der Waals surface area contributed by atoms with E-state index < -0.39 is 0 Å². The van der Waals surface area contributed by atoms with E-state index in [9.17, 15) is 9.59 Å². The second-order valence-corrected chi connectivity index (χ2v) is 11.0. The third-order valence-corrected chi connectivity index (χ3v) is 8.02. The lowest BCUT2D eigenvalue weighted by atomic mass is 10.00. The Morgan fingerprint density at radius 1 is 1.08 bits per heavy atom. The molecule has 2 aromatic carbocycles. The molecule has 3 aromatic rings. The third kappa shape index (κ3) is 7.23. The van der Waals surface area contributed by atoms with Crippen LogP contribution < -0.4 is 4.74 Å². The Morgan fingerprint density at radius 3 is 2.55 bits per heavy atom. The van der Waals surface area contributed by atoms with Gasteiger partial charge in [0.15, 0.2) is 0 Å². The molecular formula is C31H38N2O4S. The van der Waals surface area contributed by atoms with Crippen molar-refractivity contribution in [2.75, 3.05) is 40.0 Å². The maximum Gasteiger partial charge on any atom is 0.242 e. The van der Waals surface area contributed by atoms with E-state index in [1.807, 2.05) is 47.4 Å². The summed E-state index contributed by atoms with van der Waals surface area (Å²) in [5.41, 5.74) is 3.35. The van der Waals surface area contributed by atoms with Gasteiger partial charge < -0.3 is 19.3 Å². The molecule has 7 heteroatoms. The van der Waals surface area contributed by atoms with Crippen molar-refractivity contribution in [1.29, 1.82) is 0 Å². The summed E-state index contributed by atoms with van der Waals surface area (Å²) in [5.74, 6) is 1.15. The van der Waals surface area contributed by atoms with Crippen molar-refractivity contribution >= 4 is 23.2 Å². The van der Waals surface area contributed by atoms with Gasteiger partial charge >= 0.3 is 0 Å². The lowest BCUT2D eigenvalue weighted by Gasteiger charge is -2.37. The molecule has 2 heterocycles. The van der Waals surface area contributed by atoms with Crippen molar-refractivity contribution in [2.45, 2.75) is 45.1 Å². The standard InChI is InChI=1S/C31H38N2O4S/c1-23(2)25-10-12-26(13-11-25)37-22-28-27-15-19-38-29(27)14-17-33(28)31(35)21-32(16-7-18-36-3)30(34)20-24-8-5-4-6-9-24/h4-6,8-13,15,19,23,28H,7,14,16-18,20-22H2,1-3H3/t28-/m0/s1. The number of fused-ring (bicyclic) bond motifs is 1. The Balaban J connectivity index is 1.47. The second-order valence-electron chi connectivity index (χ2n) is 10.0. The van der Waals surface area contributed by atoms with Crippen molar-refractivity contribution in [1.82, 2.24) is 9.80 Å². The molecule has 0 fully saturated rings. The van der Waals surface area contributed by atoms with Crippen LogP contribution in [0, 0.1) is 0 Å². The maximum atomic E-state index is 13.7. The average molecular weight is 535 g/mol. The second kappa shape index (κ2) is 13.6. The Bertz CT molecular complexity index is 1180. The monoisotopic (exact) mass is 534 g/mol. The molecule has 0 spiro atoms. The zero-order valence-electron chi connectivity index (χ0n) is 22.6. The summed E-state index contributed by atoms with van der Waals surface area (Å²) >= 11 is 1.73. The summed E-state index contributed by atoms with van der Waals surface area (Å²) in [7, 11) is 1.65. The first-order valence-corrected chi connectivity index (χ1v) is 14.2. The van der Waals surface area contributed by atoms with Gasteiger partial charge in [0.1, 0.15) is 12.4 Å². The molecule has 6 nitrogen and oxygen atoms in total. The number of thiophene rings is 1. The number of carbonyl (C=O) groups is 2. The Kier molecular flexibility index (Phi) is 9.96. The SMILES string of the molecule is COCCCN(CC(=O)N1CCc2sccc2[C@@H]1COc1ccc(C(C)C)cc1)C(=O)Cc1ccccc1. The number of methoxy groups -OCH3 is 1. The maximum absolute atomic E-state index is 13.7. The fraction of sp³-hybridized carbons (Fsp3) is 0.419. The minimum absolute atomic E-state index is 0.0491. The largest absolute Gasteiger partial charge is 0.491 e. The van der Waals surface area contributed by atoms with Crippen molar-refractivity contribution in [3.8, 4) is 5.75 Å². The van der Waals surface area contributed by atoms with Crippen molar-refractivity contribution in [3.63, 3.8) is 0 Å². The highest BCUT2D eigenvalue weighted by Crippen LogP contribution is 2.34. The molecule has 1 aliphatic heterocycles. The van der Waals surface area contributed by atoms with Gasteiger partial charge in [0, 0.05) is 31.7 Å². The van der Waals surface area contributed by atoms with Crippen LogP contribution in [0.1, 0.15) is 53.8 Å². The van der Waals surface area contributed by atoms with Crippen molar-refractivity contribution < 1.29 is 19.1 Å². The highest BCUT2D eigenvalue weighted by molar-refractivity contribution is 7.10. The number of ether oxygens (including phenoxy) is 2. The molecule has 0 radical (unpaired) electrons. The molecule has 0 bridgehead atoms. The van der Waals surface area contributed by atoms with Crippen LogP contribution in [0.3, 0.4) is 0 Å². The fourth-order valence-electron chi connectivity index (χ4n) is 4.83. The Hall–Kier alpha value is -3.16. The van der Waals surface area contributed by atoms with Crippen LogP contribution in [-0.2, 0) is 27.2 Å². The highest BCUT2D eigenvalue weighted by atomic mass is 32.1. The van der Waals surface area contributed by atoms with E-state index in [4.69, 9.17) is 9.47 Å². The molecule has 38 heavy (non-hydrogen) atoms. The molecule has 0 aliphatic carbocycles. The van der Waals surface area contributed by atoms with E-state index >= 15 is 0 Å². The average Bonchev–Trinajstić information content (AvgIpc) is 3.41. The van der Waals surface area contributed by atoms with E-state index in [2.05, 4.69) is 37.4 Å². The molecule has 0 N–H and O–H groups in total. The van der Waals surface area contributed by atoms with E-state index in [0.29, 0.717) is 38.6 Å². The summed E-state index contributed by atoms with van der Waals surface area (Å²) in [6, 6.07) is 19.8. The van der Waals surface area contributed by atoms with E-state index in [-0.39, 0.29) is 30.8 Å². The van der Waals surface area contributed by atoms with Gasteiger partial charge in [0.25, 0.3) is 0 Å². The molecule has 4 rings (SSSR count). The topological polar surface area (TPSA) is 59.1 Å². The normalized spacial score (nSPS) is 14.8. The zero-order chi connectivity index (χ0) is 26.9. The molecule has 1 aliphatic rings. The molecule has 0 saturated heterocycles. The number of benzene rings is 2. The fourth-order valence-corrected chi connectivity index (χ4v) is 5.75. The number of rotatable bonds is 12. The molecule has 0 saturated carbocycles. The highest BCUT2D eigenvalue weighted by Gasteiger charge is 2.33. The minimum atomic E-state index is -0.188. The number of hydrogen-bond donors (Lipinski definition) is 0. The first-order chi connectivity index (χ1) is 18.5. The summed E-state index contributed by atoms with van der Waals surface area (Å²) in [4.78, 5) is 31.8. The molecule has 1 aromatic heterocycles. The lowest BCUT2D eigenvalue weighted by Crippen LogP contribution is -2.48. The number of nitrogens with zero attached hydrogens (tertiary/aromatic N) is 2.